The van der Waals surface area contributed by atoms with Gasteiger partial charge in [0.1, 0.15) is 6.42 Å². The average molecular weight is 268 g/mol. The van der Waals surface area contributed by atoms with Crippen LogP contribution in [-0.4, -0.2) is 55.4 Å². The highest BCUT2D eigenvalue weighted by molar-refractivity contribution is 5.76. The molecule has 4 nitrogen and oxygen atoms in total. The number of alkyl halides is 3. The first kappa shape index (κ1) is 15.2. The highest BCUT2D eigenvalue weighted by atomic mass is 19.4. The third kappa shape index (κ3) is 5.22. The van der Waals surface area contributed by atoms with Crippen LogP contribution in [0.25, 0.3) is 0 Å². The van der Waals surface area contributed by atoms with Crippen LogP contribution in [0.1, 0.15) is 20.3 Å². The van der Waals surface area contributed by atoms with E-state index >= 15 is 0 Å². The Hall–Kier alpha value is -0.820. The summed E-state index contributed by atoms with van der Waals surface area (Å²) in [6, 6.07) is 0.217. The molecular weight excluding hydrogens is 249 g/mol. The largest absolute Gasteiger partial charge is 0.397 e. The van der Waals surface area contributed by atoms with Crippen LogP contribution in [0.3, 0.4) is 0 Å². The summed E-state index contributed by atoms with van der Waals surface area (Å²) in [7, 11) is 0. The zero-order valence-corrected chi connectivity index (χ0v) is 10.6. The molecule has 1 amide bonds. The summed E-state index contributed by atoms with van der Waals surface area (Å²) in [5, 5.41) is 2.32. The van der Waals surface area contributed by atoms with E-state index < -0.39 is 18.5 Å². The number of morpholine rings is 1. The molecule has 2 atom stereocenters. The maximum atomic E-state index is 12.0. The number of carbonyl (C=O) groups excluding carboxylic acids is 1. The van der Waals surface area contributed by atoms with Crippen molar-refractivity contribution >= 4 is 5.91 Å². The number of nitrogens with zero attached hydrogens (tertiary/aromatic N) is 1. The predicted molar refractivity (Wildman–Crippen MR) is 60.1 cm³/mol. The van der Waals surface area contributed by atoms with E-state index in [0.717, 1.165) is 6.54 Å². The summed E-state index contributed by atoms with van der Waals surface area (Å²) in [5.74, 6) is -0.977. The van der Waals surface area contributed by atoms with Crippen molar-refractivity contribution in [3.8, 4) is 0 Å². The van der Waals surface area contributed by atoms with Crippen LogP contribution < -0.4 is 5.32 Å². The second kappa shape index (κ2) is 6.38. The Kier molecular flexibility index (Phi) is 5.40. The van der Waals surface area contributed by atoms with Gasteiger partial charge in [-0.15, -0.1) is 0 Å². The number of amides is 1. The quantitative estimate of drug-likeness (QED) is 0.832. The third-order valence-corrected chi connectivity index (χ3v) is 2.94. The van der Waals surface area contributed by atoms with Crippen molar-refractivity contribution in [1.29, 1.82) is 0 Å². The van der Waals surface area contributed by atoms with Gasteiger partial charge < -0.3 is 10.1 Å². The van der Waals surface area contributed by atoms with E-state index in [2.05, 4.69) is 10.2 Å². The minimum Gasteiger partial charge on any atom is -0.379 e. The van der Waals surface area contributed by atoms with Crippen molar-refractivity contribution in [2.45, 2.75) is 38.5 Å². The van der Waals surface area contributed by atoms with E-state index in [1.54, 1.807) is 0 Å². The van der Waals surface area contributed by atoms with Crippen molar-refractivity contribution in [2.24, 2.45) is 0 Å². The van der Waals surface area contributed by atoms with Gasteiger partial charge in [0.05, 0.1) is 13.2 Å². The first-order chi connectivity index (χ1) is 8.29. The maximum absolute atomic E-state index is 12.0. The Morgan fingerprint density at radius 3 is 2.78 bits per heavy atom. The lowest BCUT2D eigenvalue weighted by Gasteiger charge is -2.37. The van der Waals surface area contributed by atoms with E-state index in [1.165, 1.54) is 0 Å². The topological polar surface area (TPSA) is 41.6 Å². The summed E-state index contributed by atoms with van der Waals surface area (Å²) >= 11 is 0. The van der Waals surface area contributed by atoms with Gasteiger partial charge in [-0.25, -0.2) is 0 Å². The fourth-order valence-corrected chi connectivity index (χ4v) is 2.02. The zero-order chi connectivity index (χ0) is 13.8. The number of ether oxygens (including phenoxy) is 1. The van der Waals surface area contributed by atoms with Gasteiger partial charge in [-0.05, 0) is 13.8 Å². The summed E-state index contributed by atoms with van der Waals surface area (Å²) < 4.78 is 41.2. The fourth-order valence-electron chi connectivity index (χ4n) is 2.02. The van der Waals surface area contributed by atoms with Crippen LogP contribution in [-0.2, 0) is 9.53 Å². The molecule has 1 N–H and O–H groups in total. The molecule has 18 heavy (non-hydrogen) atoms. The summed E-state index contributed by atoms with van der Waals surface area (Å²) in [6.45, 7) is 6.06. The monoisotopic (exact) mass is 268 g/mol. The van der Waals surface area contributed by atoms with Gasteiger partial charge >= 0.3 is 6.18 Å². The number of hydrogen-bond donors (Lipinski definition) is 1. The lowest BCUT2D eigenvalue weighted by molar-refractivity contribution is -0.154. The van der Waals surface area contributed by atoms with E-state index in [0.29, 0.717) is 13.2 Å². The van der Waals surface area contributed by atoms with Gasteiger partial charge in [-0.3, -0.25) is 9.69 Å². The fraction of sp³-hybridized carbons (Fsp3) is 0.909. The van der Waals surface area contributed by atoms with E-state index in [1.807, 2.05) is 13.8 Å². The van der Waals surface area contributed by atoms with Crippen LogP contribution in [0.15, 0.2) is 0 Å². The number of hydrogen-bond acceptors (Lipinski definition) is 3. The molecule has 0 aliphatic carbocycles. The Labute approximate surface area is 104 Å². The van der Waals surface area contributed by atoms with Gasteiger partial charge in [0, 0.05) is 25.2 Å². The van der Waals surface area contributed by atoms with Gasteiger partial charge in [-0.2, -0.15) is 13.2 Å². The molecule has 0 spiro atoms. The van der Waals surface area contributed by atoms with Crippen molar-refractivity contribution < 1.29 is 22.7 Å². The summed E-state index contributed by atoms with van der Waals surface area (Å²) in [6.07, 6.45) is -5.86. The number of rotatable bonds is 4. The maximum Gasteiger partial charge on any atom is 0.397 e. The minimum absolute atomic E-state index is 0.00100. The van der Waals surface area contributed by atoms with Crippen molar-refractivity contribution in [3.63, 3.8) is 0 Å². The first-order valence-corrected chi connectivity index (χ1v) is 5.96. The Morgan fingerprint density at radius 2 is 2.22 bits per heavy atom. The molecule has 1 aliphatic heterocycles. The second-order valence-corrected chi connectivity index (χ2v) is 4.61. The molecule has 0 saturated carbocycles. The van der Waals surface area contributed by atoms with Crippen molar-refractivity contribution in [3.05, 3.63) is 0 Å². The Morgan fingerprint density at radius 1 is 1.56 bits per heavy atom. The standard InChI is InChI=1S/C11H19F3N2O2/c1-8(16-3-4-18-7-9(16)2)6-15-10(17)5-11(12,13)14/h8-9H,3-7H2,1-2H3,(H,15,17)/t8-,9-/m1/s1. The molecule has 0 radical (unpaired) electrons. The van der Waals surface area contributed by atoms with E-state index in [-0.39, 0.29) is 18.6 Å². The van der Waals surface area contributed by atoms with Crippen LogP contribution in [0.4, 0.5) is 13.2 Å². The molecule has 0 aromatic heterocycles. The molecule has 1 aliphatic rings. The summed E-state index contributed by atoms with van der Waals surface area (Å²) in [5.41, 5.74) is 0. The second-order valence-electron chi connectivity index (χ2n) is 4.61. The van der Waals surface area contributed by atoms with Gasteiger partial charge in [-0.1, -0.05) is 0 Å². The molecule has 0 unspecified atom stereocenters. The van der Waals surface area contributed by atoms with E-state index in [4.69, 9.17) is 4.74 Å². The molecule has 0 aromatic carbocycles. The van der Waals surface area contributed by atoms with Crippen LogP contribution in [0, 0.1) is 0 Å². The molecule has 7 heteroatoms. The first-order valence-electron chi connectivity index (χ1n) is 5.96. The third-order valence-electron chi connectivity index (χ3n) is 2.94. The smallest absolute Gasteiger partial charge is 0.379 e. The predicted octanol–water partition coefficient (Wildman–Crippen LogP) is 1.16. The number of halogens is 3. The highest BCUT2D eigenvalue weighted by Gasteiger charge is 2.31. The average Bonchev–Trinajstić information content (AvgIpc) is 2.24. The van der Waals surface area contributed by atoms with Crippen molar-refractivity contribution in [1.82, 2.24) is 10.2 Å². The van der Waals surface area contributed by atoms with Crippen LogP contribution in [0.5, 0.6) is 0 Å². The number of nitrogens with one attached hydrogen (secondary N) is 1. The molecule has 0 bridgehead atoms. The molecule has 1 fully saturated rings. The zero-order valence-electron chi connectivity index (χ0n) is 10.6. The minimum atomic E-state index is -4.44. The summed E-state index contributed by atoms with van der Waals surface area (Å²) in [4.78, 5) is 13.2. The SMILES string of the molecule is C[C@H](CNC(=O)CC(F)(F)F)N1CCOC[C@H]1C. The Bertz CT molecular complexity index is 284. The van der Waals surface area contributed by atoms with Crippen LogP contribution in [0.2, 0.25) is 0 Å². The molecule has 1 heterocycles. The molecular formula is C11H19F3N2O2. The van der Waals surface area contributed by atoms with Crippen LogP contribution >= 0.6 is 0 Å². The van der Waals surface area contributed by atoms with Gasteiger partial charge in [0.15, 0.2) is 0 Å². The lowest BCUT2D eigenvalue weighted by Crippen LogP contribution is -2.52. The number of carbonyl (C=O) groups is 1. The molecule has 106 valence electrons. The van der Waals surface area contributed by atoms with Crippen molar-refractivity contribution in [2.75, 3.05) is 26.3 Å². The highest BCUT2D eigenvalue weighted by Crippen LogP contribution is 2.19. The lowest BCUT2D eigenvalue weighted by atomic mass is 10.2. The molecule has 1 rings (SSSR count). The van der Waals surface area contributed by atoms with E-state index in [9.17, 15) is 18.0 Å². The Balaban J connectivity index is 2.31. The molecule has 1 saturated heterocycles. The normalized spacial score (nSPS) is 23.7. The van der Waals surface area contributed by atoms with Gasteiger partial charge in [0.25, 0.3) is 0 Å². The molecule has 0 aromatic rings. The van der Waals surface area contributed by atoms with Gasteiger partial charge in [0.2, 0.25) is 5.91 Å².